The van der Waals surface area contributed by atoms with Crippen molar-refractivity contribution in [3.05, 3.63) is 12.7 Å². The summed E-state index contributed by atoms with van der Waals surface area (Å²) in [5.74, 6) is 0.107. The van der Waals surface area contributed by atoms with Crippen LogP contribution in [0.3, 0.4) is 0 Å². The third-order valence-corrected chi connectivity index (χ3v) is 7.56. The Morgan fingerprint density at radius 2 is 1.94 bits per heavy atom. The number of fused-ring (bicyclic) bond motifs is 1. The lowest BCUT2D eigenvalue weighted by atomic mass is 10.1. The Morgan fingerprint density at radius 1 is 1.18 bits per heavy atom. The Balaban J connectivity index is 1.34. The summed E-state index contributed by atoms with van der Waals surface area (Å²) in [6.07, 6.45) is -6.25. The molecule has 1 aliphatic heterocycles. The van der Waals surface area contributed by atoms with E-state index in [1.54, 1.807) is 0 Å². The third kappa shape index (κ3) is 5.06. The van der Waals surface area contributed by atoms with Gasteiger partial charge in [-0.3, -0.25) is 14.0 Å². The molecule has 1 saturated carbocycles. The van der Waals surface area contributed by atoms with Crippen molar-refractivity contribution in [1.82, 2.24) is 19.5 Å². The Hall–Kier alpha value is -1.68. The molecule has 33 heavy (non-hydrogen) atoms. The first kappa shape index (κ1) is 24.4. The second kappa shape index (κ2) is 9.52. The number of hydrogen-bond acceptors (Lipinski definition) is 14. The van der Waals surface area contributed by atoms with Crippen molar-refractivity contribution < 1.29 is 52.5 Å². The van der Waals surface area contributed by atoms with Crippen LogP contribution in [0.4, 0.5) is 5.82 Å². The first-order chi connectivity index (χ1) is 15.6. The van der Waals surface area contributed by atoms with Gasteiger partial charge >= 0.3 is 16.1 Å². The van der Waals surface area contributed by atoms with Crippen LogP contribution >= 0.6 is 16.1 Å². The van der Waals surface area contributed by atoms with Gasteiger partial charge in [0.05, 0.1) is 18.5 Å². The molecule has 2 aliphatic rings. The number of anilines is 1. The van der Waals surface area contributed by atoms with Gasteiger partial charge in [-0.1, -0.05) is 0 Å². The summed E-state index contributed by atoms with van der Waals surface area (Å²) in [6, 6.07) is 0. The fourth-order valence-electron chi connectivity index (χ4n) is 3.62. The number of nitrogens with two attached hydrogens (primary N) is 1. The van der Waals surface area contributed by atoms with Crippen molar-refractivity contribution in [2.24, 2.45) is 0 Å². The van der Waals surface area contributed by atoms with Gasteiger partial charge in [0, 0.05) is 4.57 Å². The van der Waals surface area contributed by atoms with Gasteiger partial charge in [-0.05, 0) is 17.2 Å². The normalized spacial score (nSPS) is 34.6. The van der Waals surface area contributed by atoms with Crippen molar-refractivity contribution >= 4 is 33.1 Å². The summed E-state index contributed by atoms with van der Waals surface area (Å²) >= 11 is 0. The average molecular weight is 510 g/mol. The molecule has 0 spiro atoms. The standard InChI is InChI=1S/C15H21N5O11P2/c16-13-9-14(18-4-17-13)20(5-19-9)15-12(24)11(23)8(29-15)3-28-32(25)31-33(26,27)30-7-2-1-6(21)10(7)22/h4-8,10-12,15,21-24H,1-3H2,(H2-,16,17,18,26,27)/p+1/t6?,7-,8+,10+,11?,12?,15?/m0/s1. The first-order valence-electron chi connectivity index (χ1n) is 9.69. The van der Waals surface area contributed by atoms with Crippen LogP contribution in [-0.2, 0) is 27.2 Å². The van der Waals surface area contributed by atoms with Gasteiger partial charge in [-0.25, -0.2) is 19.5 Å². The number of rotatable bonds is 8. The molecule has 2 aromatic heterocycles. The van der Waals surface area contributed by atoms with E-state index in [1.807, 2.05) is 0 Å². The van der Waals surface area contributed by atoms with E-state index < -0.39 is 65.5 Å². The van der Waals surface area contributed by atoms with Gasteiger partial charge in [0.1, 0.15) is 42.9 Å². The molecule has 0 bridgehead atoms. The van der Waals surface area contributed by atoms with Crippen LogP contribution in [0.5, 0.6) is 0 Å². The number of aliphatic hydroxyl groups excluding tert-OH is 4. The van der Waals surface area contributed by atoms with Crippen LogP contribution in [0.2, 0.25) is 0 Å². The minimum absolute atomic E-state index is 0.0920. The van der Waals surface area contributed by atoms with Gasteiger partial charge in [-0.2, -0.15) is 0 Å². The Kier molecular flexibility index (Phi) is 7.05. The van der Waals surface area contributed by atoms with Crippen LogP contribution in [0.25, 0.3) is 11.2 Å². The molecule has 2 aromatic rings. The number of imidazole rings is 1. The second-order valence-electron chi connectivity index (χ2n) is 7.48. The summed E-state index contributed by atoms with van der Waals surface area (Å²) in [6.45, 7) is -0.585. The van der Waals surface area contributed by atoms with E-state index in [0.717, 1.165) is 0 Å². The molecule has 1 aliphatic carbocycles. The molecule has 0 radical (unpaired) electrons. The fraction of sp³-hybridized carbons (Fsp3) is 0.667. The van der Waals surface area contributed by atoms with E-state index in [2.05, 4.69) is 19.3 Å². The Morgan fingerprint density at radius 3 is 2.64 bits per heavy atom. The van der Waals surface area contributed by atoms with E-state index in [-0.39, 0.29) is 29.8 Å². The van der Waals surface area contributed by atoms with E-state index >= 15 is 0 Å². The number of nitrogen functional groups attached to an aromatic ring is 1. The largest absolute Gasteiger partial charge is 0.708 e. The summed E-state index contributed by atoms with van der Waals surface area (Å²) in [5, 5.41) is 39.8. The Bertz CT molecular complexity index is 1070. The monoisotopic (exact) mass is 510 g/mol. The maximum Gasteiger partial charge on any atom is 0.708 e. The van der Waals surface area contributed by atoms with Gasteiger partial charge < -0.3 is 30.9 Å². The molecule has 1 saturated heterocycles. The highest BCUT2D eigenvalue weighted by molar-refractivity contribution is 7.56. The zero-order chi connectivity index (χ0) is 23.9. The van der Waals surface area contributed by atoms with Crippen molar-refractivity contribution in [2.75, 3.05) is 12.3 Å². The number of aromatic nitrogens is 4. The lowest BCUT2D eigenvalue weighted by Crippen LogP contribution is -2.33. The first-order valence-corrected chi connectivity index (χ1v) is 12.3. The number of ether oxygens (including phenoxy) is 1. The molecular weight excluding hydrogens is 488 g/mol. The van der Waals surface area contributed by atoms with Crippen LogP contribution in [-0.4, -0.2) is 88.1 Å². The minimum atomic E-state index is -4.91. The SMILES string of the molecule is Nc1ncnc2c1ncn2C1O[C@H](CO[P+](=O)OP(=O)(O)O[C@H]2CCC(O)[C@H]2O)C(O)C1O. The lowest BCUT2D eigenvalue weighted by molar-refractivity contribution is -0.0479. The Labute approximate surface area is 186 Å². The van der Waals surface area contributed by atoms with Crippen molar-refractivity contribution in [2.45, 2.75) is 55.7 Å². The van der Waals surface area contributed by atoms with Crippen molar-refractivity contribution in [1.29, 1.82) is 0 Å². The molecule has 3 heterocycles. The molecule has 4 rings (SSSR count). The quantitative estimate of drug-likeness (QED) is 0.227. The summed E-state index contributed by atoms with van der Waals surface area (Å²) in [7, 11) is -8.12. The van der Waals surface area contributed by atoms with Gasteiger partial charge in [0.15, 0.2) is 17.7 Å². The van der Waals surface area contributed by atoms with Gasteiger partial charge in [0.25, 0.3) is 0 Å². The predicted octanol–water partition coefficient (Wildman–Crippen LogP) is -1.28. The molecule has 182 valence electrons. The van der Waals surface area contributed by atoms with E-state index in [9.17, 15) is 34.4 Å². The van der Waals surface area contributed by atoms with Crippen LogP contribution in [0.15, 0.2) is 12.7 Å². The van der Waals surface area contributed by atoms with Crippen molar-refractivity contribution in [3.8, 4) is 0 Å². The molecule has 0 amide bonds. The molecule has 16 nitrogen and oxygen atoms in total. The summed E-state index contributed by atoms with van der Waals surface area (Å²) in [5.41, 5.74) is 6.23. The molecule has 0 aromatic carbocycles. The predicted molar refractivity (Wildman–Crippen MR) is 106 cm³/mol. The van der Waals surface area contributed by atoms with Crippen LogP contribution in [0.1, 0.15) is 19.1 Å². The fourth-order valence-corrected chi connectivity index (χ4v) is 5.48. The van der Waals surface area contributed by atoms with Gasteiger partial charge in [-0.15, -0.1) is 4.52 Å². The topological polar surface area (TPSA) is 242 Å². The van der Waals surface area contributed by atoms with Crippen LogP contribution < -0.4 is 5.73 Å². The zero-order valence-corrected chi connectivity index (χ0v) is 18.6. The maximum absolute atomic E-state index is 12.0. The molecule has 18 heteroatoms. The number of aliphatic hydroxyl groups is 4. The van der Waals surface area contributed by atoms with E-state index in [0.29, 0.717) is 0 Å². The maximum atomic E-state index is 12.0. The summed E-state index contributed by atoms with van der Waals surface area (Å²) < 4.78 is 44.9. The zero-order valence-electron chi connectivity index (χ0n) is 16.8. The molecule has 9 atom stereocenters. The molecule has 2 fully saturated rings. The minimum Gasteiger partial charge on any atom is -0.390 e. The smallest absolute Gasteiger partial charge is 0.390 e. The average Bonchev–Trinajstić information content (AvgIpc) is 3.40. The highest BCUT2D eigenvalue weighted by Crippen LogP contribution is 2.54. The van der Waals surface area contributed by atoms with E-state index in [4.69, 9.17) is 19.5 Å². The highest BCUT2D eigenvalue weighted by Gasteiger charge is 2.48. The molecule has 6 unspecified atom stereocenters. The van der Waals surface area contributed by atoms with Crippen LogP contribution in [0, 0.1) is 0 Å². The van der Waals surface area contributed by atoms with Gasteiger partial charge in [0.2, 0.25) is 0 Å². The number of hydrogen-bond donors (Lipinski definition) is 6. The number of nitrogens with zero attached hydrogens (tertiary/aromatic N) is 4. The summed E-state index contributed by atoms with van der Waals surface area (Å²) in [4.78, 5) is 21.6. The molecular formula is C15H22N5O11P2+. The number of phosphoric ester groups is 1. The second-order valence-corrected chi connectivity index (χ2v) is 9.98. The third-order valence-electron chi connectivity index (χ3n) is 5.30. The molecule has 7 N–H and O–H groups in total. The van der Waals surface area contributed by atoms with E-state index in [1.165, 1.54) is 17.2 Å². The lowest BCUT2D eigenvalue weighted by Gasteiger charge is -2.17. The highest BCUT2D eigenvalue weighted by atomic mass is 31.2. The number of phosphoric acid groups is 1. The van der Waals surface area contributed by atoms with Crippen molar-refractivity contribution in [3.63, 3.8) is 0 Å².